The van der Waals surface area contributed by atoms with Crippen molar-refractivity contribution in [2.45, 2.75) is 26.3 Å². The molecule has 0 spiro atoms. The quantitative estimate of drug-likeness (QED) is 0.927. The second-order valence-electron chi connectivity index (χ2n) is 4.79. The summed E-state index contributed by atoms with van der Waals surface area (Å²) in [5.41, 5.74) is 9.44. The van der Waals surface area contributed by atoms with Crippen LogP contribution in [0.1, 0.15) is 28.6 Å². The monoisotopic (exact) mass is 265 g/mol. The highest BCUT2D eigenvalue weighted by molar-refractivity contribution is 5.29. The summed E-state index contributed by atoms with van der Waals surface area (Å²) >= 11 is 0. The molecule has 0 bridgehead atoms. The van der Waals surface area contributed by atoms with Gasteiger partial charge in [-0.05, 0) is 43.5 Å². The molecule has 0 aliphatic carbocycles. The molecule has 0 aliphatic rings. The van der Waals surface area contributed by atoms with E-state index in [1.807, 2.05) is 20.9 Å². The Hall–Kier alpha value is -1.75. The maximum Gasteiger partial charge on any atom is 0.126 e. The van der Waals surface area contributed by atoms with E-state index < -0.39 is 17.7 Å². The summed E-state index contributed by atoms with van der Waals surface area (Å²) in [6, 6.07) is 2.94. The van der Waals surface area contributed by atoms with Gasteiger partial charge >= 0.3 is 0 Å². The van der Waals surface area contributed by atoms with Gasteiger partial charge in [0, 0.05) is 24.8 Å². The van der Waals surface area contributed by atoms with Crippen molar-refractivity contribution in [3.8, 4) is 0 Å². The Bertz CT molecular complexity index is 585. The number of nitrogens with zero attached hydrogens (tertiary/aromatic N) is 2. The van der Waals surface area contributed by atoms with Crippen LogP contribution in [0.5, 0.6) is 0 Å². The van der Waals surface area contributed by atoms with E-state index in [2.05, 4.69) is 5.10 Å². The summed E-state index contributed by atoms with van der Waals surface area (Å²) in [4.78, 5) is 0. The van der Waals surface area contributed by atoms with Gasteiger partial charge in [0.2, 0.25) is 0 Å². The second-order valence-corrected chi connectivity index (χ2v) is 4.79. The Labute approximate surface area is 111 Å². The Morgan fingerprint density at radius 2 is 1.79 bits per heavy atom. The molecule has 5 heteroatoms. The van der Waals surface area contributed by atoms with Crippen LogP contribution >= 0.6 is 0 Å². The first kappa shape index (κ1) is 13.7. The molecule has 1 atom stereocenters. The first-order valence-corrected chi connectivity index (χ1v) is 6.09. The van der Waals surface area contributed by atoms with Crippen LogP contribution in [-0.4, -0.2) is 9.78 Å². The number of hydrogen-bond donors (Lipinski definition) is 1. The van der Waals surface area contributed by atoms with Crippen molar-refractivity contribution in [2.75, 3.05) is 0 Å². The van der Waals surface area contributed by atoms with Crippen molar-refractivity contribution in [3.05, 3.63) is 52.3 Å². The molecule has 1 unspecified atom stereocenters. The Kier molecular flexibility index (Phi) is 3.66. The maximum atomic E-state index is 13.2. The van der Waals surface area contributed by atoms with Gasteiger partial charge in [-0.2, -0.15) is 5.10 Å². The molecule has 0 saturated heterocycles. The standard InChI is InChI=1S/C14H17F2N3/c1-8-13(9(2)19(3)18-8)7-14(17)10-4-11(15)6-12(16)5-10/h4-6,14H,7,17H2,1-3H3. The average molecular weight is 265 g/mol. The minimum Gasteiger partial charge on any atom is -0.324 e. The van der Waals surface area contributed by atoms with Gasteiger partial charge in [0.1, 0.15) is 11.6 Å². The number of hydrogen-bond acceptors (Lipinski definition) is 2. The van der Waals surface area contributed by atoms with Crippen molar-refractivity contribution < 1.29 is 8.78 Å². The number of benzene rings is 1. The first-order chi connectivity index (χ1) is 8.88. The van der Waals surface area contributed by atoms with Crippen molar-refractivity contribution in [3.63, 3.8) is 0 Å². The predicted octanol–water partition coefficient (Wildman–Crippen LogP) is 2.56. The van der Waals surface area contributed by atoms with Gasteiger partial charge in [-0.15, -0.1) is 0 Å². The SMILES string of the molecule is Cc1nn(C)c(C)c1CC(N)c1cc(F)cc(F)c1. The first-order valence-electron chi connectivity index (χ1n) is 6.09. The third-order valence-electron chi connectivity index (χ3n) is 3.40. The van der Waals surface area contributed by atoms with Gasteiger partial charge in [0.05, 0.1) is 5.69 Å². The zero-order valence-corrected chi connectivity index (χ0v) is 11.2. The van der Waals surface area contributed by atoms with Crippen LogP contribution in [0.2, 0.25) is 0 Å². The molecule has 3 nitrogen and oxygen atoms in total. The maximum absolute atomic E-state index is 13.2. The lowest BCUT2D eigenvalue weighted by molar-refractivity contribution is 0.572. The van der Waals surface area contributed by atoms with E-state index in [0.717, 1.165) is 23.0 Å². The van der Waals surface area contributed by atoms with Crippen LogP contribution in [0.4, 0.5) is 8.78 Å². The topological polar surface area (TPSA) is 43.8 Å². The van der Waals surface area contributed by atoms with Gasteiger partial charge in [-0.1, -0.05) is 0 Å². The van der Waals surface area contributed by atoms with E-state index in [-0.39, 0.29) is 0 Å². The van der Waals surface area contributed by atoms with E-state index in [4.69, 9.17) is 5.73 Å². The fourth-order valence-electron chi connectivity index (χ4n) is 2.24. The fraction of sp³-hybridized carbons (Fsp3) is 0.357. The van der Waals surface area contributed by atoms with Crippen molar-refractivity contribution >= 4 is 0 Å². The van der Waals surface area contributed by atoms with Crippen molar-refractivity contribution in [1.29, 1.82) is 0 Å². The molecule has 19 heavy (non-hydrogen) atoms. The smallest absolute Gasteiger partial charge is 0.126 e. The van der Waals surface area contributed by atoms with E-state index in [1.165, 1.54) is 12.1 Å². The van der Waals surface area contributed by atoms with E-state index in [0.29, 0.717) is 12.0 Å². The molecule has 1 aromatic carbocycles. The third kappa shape index (κ3) is 2.81. The molecule has 0 aliphatic heterocycles. The zero-order chi connectivity index (χ0) is 14.2. The Balaban J connectivity index is 2.27. The molecular weight excluding hydrogens is 248 g/mol. The van der Waals surface area contributed by atoms with Crippen molar-refractivity contribution in [2.24, 2.45) is 12.8 Å². The number of rotatable bonds is 3. The molecule has 102 valence electrons. The second kappa shape index (κ2) is 5.09. The lowest BCUT2D eigenvalue weighted by Gasteiger charge is -2.13. The molecule has 1 aromatic heterocycles. The van der Waals surface area contributed by atoms with E-state index in [9.17, 15) is 8.78 Å². The summed E-state index contributed by atoms with van der Waals surface area (Å²) < 4.78 is 28.1. The highest BCUT2D eigenvalue weighted by Gasteiger charge is 2.15. The van der Waals surface area contributed by atoms with Gasteiger partial charge in [-0.3, -0.25) is 4.68 Å². The van der Waals surface area contributed by atoms with Crippen LogP contribution in [0, 0.1) is 25.5 Å². The minimum atomic E-state index is -0.606. The molecular formula is C14H17F2N3. The molecule has 2 N–H and O–H groups in total. The average Bonchev–Trinajstić information content (AvgIpc) is 2.54. The fourth-order valence-corrected chi connectivity index (χ4v) is 2.24. The van der Waals surface area contributed by atoms with Crippen molar-refractivity contribution in [1.82, 2.24) is 9.78 Å². The number of aryl methyl sites for hydroxylation is 2. The highest BCUT2D eigenvalue weighted by Crippen LogP contribution is 2.22. The van der Waals surface area contributed by atoms with Gasteiger partial charge < -0.3 is 5.73 Å². The van der Waals surface area contributed by atoms with Crippen LogP contribution in [0.25, 0.3) is 0 Å². The van der Waals surface area contributed by atoms with E-state index in [1.54, 1.807) is 4.68 Å². The number of nitrogens with two attached hydrogens (primary N) is 1. The van der Waals surface area contributed by atoms with E-state index >= 15 is 0 Å². The predicted molar refractivity (Wildman–Crippen MR) is 69.7 cm³/mol. The summed E-state index contributed by atoms with van der Waals surface area (Å²) in [6.45, 7) is 3.86. The molecule has 1 heterocycles. The summed E-state index contributed by atoms with van der Waals surface area (Å²) in [6.07, 6.45) is 0.508. The van der Waals surface area contributed by atoms with Gasteiger partial charge in [0.15, 0.2) is 0 Å². The third-order valence-corrected chi connectivity index (χ3v) is 3.40. The normalized spacial score (nSPS) is 12.7. The van der Waals surface area contributed by atoms with Crippen LogP contribution < -0.4 is 5.73 Å². The largest absolute Gasteiger partial charge is 0.324 e. The lowest BCUT2D eigenvalue weighted by atomic mass is 9.98. The highest BCUT2D eigenvalue weighted by atomic mass is 19.1. The molecule has 0 radical (unpaired) electrons. The molecule has 2 aromatic rings. The molecule has 0 saturated carbocycles. The zero-order valence-electron chi connectivity index (χ0n) is 11.2. The summed E-state index contributed by atoms with van der Waals surface area (Å²) in [5.74, 6) is -1.21. The molecule has 2 rings (SSSR count). The molecule has 0 amide bonds. The number of aromatic nitrogens is 2. The lowest BCUT2D eigenvalue weighted by Crippen LogP contribution is -2.15. The summed E-state index contributed by atoms with van der Waals surface area (Å²) in [7, 11) is 1.86. The minimum absolute atomic E-state index is 0.452. The van der Waals surface area contributed by atoms with Crippen LogP contribution in [-0.2, 0) is 13.5 Å². The summed E-state index contributed by atoms with van der Waals surface area (Å²) in [5, 5.41) is 4.31. The van der Waals surface area contributed by atoms with Gasteiger partial charge in [-0.25, -0.2) is 8.78 Å². The van der Waals surface area contributed by atoms with Crippen LogP contribution in [0.3, 0.4) is 0 Å². The van der Waals surface area contributed by atoms with Gasteiger partial charge in [0.25, 0.3) is 0 Å². The Morgan fingerprint density at radius 3 is 2.26 bits per heavy atom. The van der Waals surface area contributed by atoms with Crippen LogP contribution in [0.15, 0.2) is 18.2 Å². The Morgan fingerprint density at radius 1 is 1.21 bits per heavy atom. The molecule has 0 fully saturated rings. The number of halogens is 2.